The number of rotatable bonds is 10. The summed E-state index contributed by atoms with van der Waals surface area (Å²) < 4.78 is 10.4. The molecule has 0 unspecified atom stereocenters. The number of nitrogens with one attached hydrogen (secondary N) is 2. The lowest BCUT2D eigenvalue weighted by atomic mass is 10.1. The van der Waals surface area contributed by atoms with Crippen LogP contribution in [-0.2, 0) is 14.3 Å². The molecule has 2 amide bonds. The fourth-order valence-corrected chi connectivity index (χ4v) is 2.36. The topological polar surface area (TPSA) is 100 Å². The molecule has 0 saturated heterocycles. The number of ether oxygens (including phenoxy) is 2. The molecule has 2 rings (SSSR count). The SMILES string of the molecule is COCCCNC(=O)/C(C#N)=C/c1ccc(OCC(=O)Nc2ccccc2)cc1. The normalized spacial score (nSPS) is 10.7. The lowest BCUT2D eigenvalue weighted by Crippen LogP contribution is -2.26. The zero-order valence-corrected chi connectivity index (χ0v) is 16.2. The van der Waals surface area contributed by atoms with Crippen LogP contribution in [0.3, 0.4) is 0 Å². The molecule has 0 bridgehead atoms. The first-order chi connectivity index (χ1) is 14.1. The molecule has 0 aliphatic carbocycles. The summed E-state index contributed by atoms with van der Waals surface area (Å²) in [6.45, 7) is 0.845. The van der Waals surface area contributed by atoms with Gasteiger partial charge >= 0.3 is 0 Å². The predicted octanol–water partition coefficient (Wildman–Crippen LogP) is 2.76. The van der Waals surface area contributed by atoms with Gasteiger partial charge in [0, 0.05) is 25.9 Å². The molecule has 0 aromatic heterocycles. The fourth-order valence-electron chi connectivity index (χ4n) is 2.36. The number of carbonyl (C=O) groups is 2. The van der Waals surface area contributed by atoms with E-state index in [2.05, 4.69) is 10.6 Å². The first-order valence-electron chi connectivity index (χ1n) is 9.09. The summed E-state index contributed by atoms with van der Waals surface area (Å²) in [4.78, 5) is 23.9. The Balaban J connectivity index is 1.86. The Kier molecular flexibility index (Phi) is 8.93. The van der Waals surface area contributed by atoms with Crippen LogP contribution in [0.2, 0.25) is 0 Å². The Bertz CT molecular complexity index is 871. The second-order valence-electron chi connectivity index (χ2n) is 6.04. The number of hydrogen-bond donors (Lipinski definition) is 2. The molecule has 0 saturated carbocycles. The highest BCUT2D eigenvalue weighted by atomic mass is 16.5. The average molecular weight is 393 g/mol. The summed E-state index contributed by atoms with van der Waals surface area (Å²) in [7, 11) is 1.59. The van der Waals surface area contributed by atoms with Crippen molar-refractivity contribution >= 4 is 23.6 Å². The zero-order chi connectivity index (χ0) is 20.9. The van der Waals surface area contributed by atoms with Crippen LogP contribution in [-0.4, -0.2) is 38.7 Å². The second-order valence-corrected chi connectivity index (χ2v) is 6.04. The molecular weight excluding hydrogens is 370 g/mol. The third-order valence-electron chi connectivity index (χ3n) is 3.79. The van der Waals surface area contributed by atoms with Crippen LogP contribution in [0.15, 0.2) is 60.2 Å². The summed E-state index contributed by atoms with van der Waals surface area (Å²) in [6, 6.07) is 17.8. The van der Waals surface area contributed by atoms with Gasteiger partial charge in [-0.05, 0) is 42.3 Å². The molecule has 2 N–H and O–H groups in total. The highest BCUT2D eigenvalue weighted by Crippen LogP contribution is 2.15. The van der Waals surface area contributed by atoms with Crippen molar-refractivity contribution in [1.29, 1.82) is 5.26 Å². The molecule has 0 radical (unpaired) electrons. The fraction of sp³-hybridized carbons (Fsp3) is 0.227. The highest BCUT2D eigenvalue weighted by molar-refractivity contribution is 6.01. The molecule has 29 heavy (non-hydrogen) atoms. The quantitative estimate of drug-likeness (QED) is 0.367. The Hall–Kier alpha value is -3.63. The number of amides is 2. The van der Waals surface area contributed by atoms with Crippen molar-refractivity contribution in [1.82, 2.24) is 5.32 Å². The number of para-hydroxylation sites is 1. The van der Waals surface area contributed by atoms with Crippen LogP contribution >= 0.6 is 0 Å². The standard InChI is InChI=1S/C22H23N3O4/c1-28-13-5-12-24-22(27)18(15-23)14-17-8-10-20(11-9-17)29-16-21(26)25-19-6-3-2-4-7-19/h2-4,6-11,14H,5,12-13,16H2,1H3,(H,24,27)(H,25,26)/b18-14+. The van der Waals surface area contributed by atoms with Crippen LogP contribution in [0.5, 0.6) is 5.75 Å². The van der Waals surface area contributed by atoms with Gasteiger partial charge in [0.1, 0.15) is 17.4 Å². The maximum absolute atomic E-state index is 12.0. The van der Waals surface area contributed by atoms with E-state index in [0.717, 1.165) is 0 Å². The number of benzene rings is 2. The van der Waals surface area contributed by atoms with Crippen LogP contribution in [0.4, 0.5) is 5.69 Å². The van der Waals surface area contributed by atoms with E-state index in [0.29, 0.717) is 36.6 Å². The van der Waals surface area contributed by atoms with Crippen LogP contribution < -0.4 is 15.4 Å². The minimum absolute atomic E-state index is 0.0123. The van der Waals surface area contributed by atoms with E-state index in [4.69, 9.17) is 9.47 Å². The molecule has 0 aliphatic heterocycles. The van der Waals surface area contributed by atoms with E-state index in [9.17, 15) is 14.9 Å². The van der Waals surface area contributed by atoms with Crippen molar-refractivity contribution in [3.8, 4) is 11.8 Å². The number of hydrogen-bond acceptors (Lipinski definition) is 5. The minimum Gasteiger partial charge on any atom is -0.484 e. The largest absolute Gasteiger partial charge is 0.484 e. The maximum Gasteiger partial charge on any atom is 0.262 e. The summed E-state index contributed by atoms with van der Waals surface area (Å²) >= 11 is 0. The van der Waals surface area contributed by atoms with Gasteiger partial charge in [0.05, 0.1) is 0 Å². The zero-order valence-electron chi connectivity index (χ0n) is 16.2. The van der Waals surface area contributed by atoms with Crippen molar-refractivity contribution < 1.29 is 19.1 Å². The highest BCUT2D eigenvalue weighted by Gasteiger charge is 2.08. The van der Waals surface area contributed by atoms with Gasteiger partial charge in [0.25, 0.3) is 11.8 Å². The van der Waals surface area contributed by atoms with Gasteiger partial charge < -0.3 is 20.1 Å². The van der Waals surface area contributed by atoms with Crippen molar-refractivity contribution in [2.75, 3.05) is 32.2 Å². The first kappa shape index (κ1) is 21.7. The van der Waals surface area contributed by atoms with Gasteiger partial charge in [-0.2, -0.15) is 5.26 Å². The number of nitrogens with zero attached hydrogens (tertiary/aromatic N) is 1. The van der Waals surface area contributed by atoms with E-state index in [-0.39, 0.29) is 18.1 Å². The molecule has 7 heteroatoms. The predicted molar refractivity (Wildman–Crippen MR) is 110 cm³/mol. The number of methoxy groups -OCH3 is 1. The third-order valence-corrected chi connectivity index (χ3v) is 3.79. The first-order valence-corrected chi connectivity index (χ1v) is 9.09. The Morgan fingerprint density at radius 3 is 2.48 bits per heavy atom. The van der Waals surface area contributed by atoms with E-state index in [1.165, 1.54) is 6.08 Å². The van der Waals surface area contributed by atoms with Gasteiger partial charge in [0.15, 0.2) is 6.61 Å². The molecule has 2 aromatic rings. The second kappa shape index (κ2) is 12.0. The molecule has 2 aromatic carbocycles. The Morgan fingerprint density at radius 2 is 1.83 bits per heavy atom. The Morgan fingerprint density at radius 1 is 1.10 bits per heavy atom. The van der Waals surface area contributed by atoms with Crippen molar-refractivity contribution in [2.24, 2.45) is 0 Å². The van der Waals surface area contributed by atoms with E-state index < -0.39 is 5.91 Å². The number of nitriles is 1. The summed E-state index contributed by atoms with van der Waals surface area (Å²) in [5, 5.41) is 14.6. The Labute approximate surface area is 169 Å². The number of carbonyl (C=O) groups excluding carboxylic acids is 2. The molecule has 0 heterocycles. The maximum atomic E-state index is 12.0. The monoisotopic (exact) mass is 393 g/mol. The van der Waals surface area contributed by atoms with Gasteiger partial charge in [-0.15, -0.1) is 0 Å². The van der Waals surface area contributed by atoms with E-state index in [1.807, 2.05) is 24.3 Å². The minimum atomic E-state index is -0.429. The molecule has 0 fully saturated rings. The molecule has 0 aliphatic rings. The molecule has 150 valence electrons. The average Bonchev–Trinajstić information content (AvgIpc) is 2.75. The van der Waals surface area contributed by atoms with Crippen molar-refractivity contribution in [3.63, 3.8) is 0 Å². The van der Waals surface area contributed by atoms with Crippen LogP contribution in [0.1, 0.15) is 12.0 Å². The van der Waals surface area contributed by atoms with Crippen LogP contribution in [0, 0.1) is 11.3 Å². The summed E-state index contributed by atoms with van der Waals surface area (Å²) in [5.41, 5.74) is 1.39. The van der Waals surface area contributed by atoms with E-state index in [1.54, 1.807) is 43.5 Å². The molecule has 7 nitrogen and oxygen atoms in total. The van der Waals surface area contributed by atoms with Crippen LogP contribution in [0.25, 0.3) is 6.08 Å². The molecule has 0 atom stereocenters. The van der Waals surface area contributed by atoms with Gasteiger partial charge in [-0.25, -0.2) is 0 Å². The molecular formula is C22H23N3O4. The van der Waals surface area contributed by atoms with Gasteiger partial charge in [-0.3, -0.25) is 9.59 Å². The third kappa shape index (κ3) is 7.87. The lowest BCUT2D eigenvalue weighted by molar-refractivity contribution is -0.118. The van der Waals surface area contributed by atoms with Gasteiger partial charge in [0.2, 0.25) is 0 Å². The lowest BCUT2D eigenvalue weighted by Gasteiger charge is -2.08. The van der Waals surface area contributed by atoms with Crippen molar-refractivity contribution in [2.45, 2.75) is 6.42 Å². The smallest absolute Gasteiger partial charge is 0.262 e. The summed E-state index contributed by atoms with van der Waals surface area (Å²) in [6.07, 6.45) is 2.17. The van der Waals surface area contributed by atoms with Crippen molar-refractivity contribution in [3.05, 3.63) is 65.7 Å². The van der Waals surface area contributed by atoms with Gasteiger partial charge in [-0.1, -0.05) is 30.3 Å². The number of anilines is 1. The molecule has 0 spiro atoms. The summed E-state index contributed by atoms with van der Waals surface area (Å²) in [5.74, 6) is -0.188. The van der Waals surface area contributed by atoms with E-state index >= 15 is 0 Å².